The molecule has 1 unspecified atom stereocenters. The quantitative estimate of drug-likeness (QED) is 0.658. The lowest BCUT2D eigenvalue weighted by molar-refractivity contribution is 0.388. The molecule has 2 aromatic rings. The van der Waals surface area contributed by atoms with Gasteiger partial charge in [0.05, 0.1) is 23.0 Å². The maximum atomic E-state index is 6.40. The van der Waals surface area contributed by atoms with E-state index in [0.29, 0.717) is 5.02 Å². The summed E-state index contributed by atoms with van der Waals surface area (Å²) in [6.07, 6.45) is 3.92. The van der Waals surface area contributed by atoms with Gasteiger partial charge in [-0.3, -0.25) is 16.0 Å². The van der Waals surface area contributed by atoms with Crippen LogP contribution in [0.15, 0.2) is 36.5 Å². The van der Waals surface area contributed by atoms with Crippen molar-refractivity contribution in [2.75, 3.05) is 0 Å². The highest BCUT2D eigenvalue weighted by Gasteiger charge is 2.52. The minimum Gasteiger partial charge on any atom is -0.271 e. The molecule has 1 fully saturated rings. The smallest absolute Gasteiger partial charge is 0.0835 e. The van der Waals surface area contributed by atoms with Crippen molar-refractivity contribution in [2.24, 2.45) is 5.84 Å². The van der Waals surface area contributed by atoms with Crippen LogP contribution in [0.4, 0.5) is 0 Å². The molecule has 1 atom stereocenters. The van der Waals surface area contributed by atoms with Crippen molar-refractivity contribution in [3.63, 3.8) is 0 Å². The molecule has 3 rings (SSSR count). The predicted octanol–water partition coefficient (Wildman–Crippen LogP) is 3.35. The van der Waals surface area contributed by atoms with Crippen LogP contribution in [0.3, 0.4) is 0 Å². The van der Waals surface area contributed by atoms with E-state index < -0.39 is 0 Å². The summed E-state index contributed by atoms with van der Waals surface area (Å²) < 4.78 is 1.97. The predicted molar refractivity (Wildman–Crippen MR) is 85.0 cm³/mol. The monoisotopic (exact) mass is 304 g/mol. The third kappa shape index (κ3) is 2.37. The Morgan fingerprint density at radius 1 is 1.29 bits per heavy atom. The molecule has 1 aliphatic carbocycles. The van der Waals surface area contributed by atoms with Crippen molar-refractivity contribution in [2.45, 2.75) is 44.2 Å². The Morgan fingerprint density at radius 3 is 2.48 bits per heavy atom. The van der Waals surface area contributed by atoms with Crippen LogP contribution in [0, 0.1) is 0 Å². The molecule has 0 spiro atoms. The van der Waals surface area contributed by atoms with Crippen LogP contribution in [-0.4, -0.2) is 9.78 Å². The van der Waals surface area contributed by atoms with Gasteiger partial charge in [0.25, 0.3) is 0 Å². The van der Waals surface area contributed by atoms with Crippen LogP contribution in [0.2, 0.25) is 5.02 Å². The molecule has 1 saturated carbocycles. The molecule has 1 heterocycles. The van der Waals surface area contributed by atoms with Gasteiger partial charge in [0, 0.05) is 11.5 Å². The average molecular weight is 305 g/mol. The van der Waals surface area contributed by atoms with E-state index >= 15 is 0 Å². The summed E-state index contributed by atoms with van der Waals surface area (Å²) in [4.78, 5) is 0. The normalized spacial score (nSPS) is 18.0. The zero-order valence-electron chi connectivity index (χ0n) is 12.4. The molecule has 112 valence electrons. The van der Waals surface area contributed by atoms with E-state index in [9.17, 15) is 0 Å². The molecule has 1 aromatic carbocycles. The Morgan fingerprint density at radius 2 is 1.95 bits per heavy atom. The zero-order chi connectivity index (χ0) is 15.0. The van der Waals surface area contributed by atoms with E-state index in [4.69, 9.17) is 17.4 Å². The van der Waals surface area contributed by atoms with E-state index in [0.717, 1.165) is 18.5 Å². The van der Waals surface area contributed by atoms with Gasteiger partial charge in [0.2, 0.25) is 0 Å². The number of nitrogens with one attached hydrogen (secondary N) is 1. The molecule has 0 bridgehead atoms. The van der Waals surface area contributed by atoms with Crippen molar-refractivity contribution in [3.8, 4) is 0 Å². The van der Waals surface area contributed by atoms with Gasteiger partial charge < -0.3 is 0 Å². The summed E-state index contributed by atoms with van der Waals surface area (Å²) in [6, 6.07) is 10.7. The summed E-state index contributed by atoms with van der Waals surface area (Å²) in [6.45, 7) is 4.20. The first-order chi connectivity index (χ1) is 10.1. The number of halogens is 1. The van der Waals surface area contributed by atoms with Crippen molar-refractivity contribution in [1.29, 1.82) is 0 Å². The topological polar surface area (TPSA) is 55.9 Å². The summed E-state index contributed by atoms with van der Waals surface area (Å²) in [5, 5.41) is 5.08. The first kappa shape index (κ1) is 14.6. The number of nitrogens with two attached hydrogens (primary N) is 1. The highest BCUT2D eigenvalue weighted by atomic mass is 35.5. The van der Waals surface area contributed by atoms with Crippen molar-refractivity contribution in [1.82, 2.24) is 15.2 Å². The second kappa shape index (κ2) is 5.44. The third-order valence-electron chi connectivity index (χ3n) is 4.41. The molecule has 0 aliphatic heterocycles. The van der Waals surface area contributed by atoms with Crippen LogP contribution >= 0.6 is 11.6 Å². The number of aromatic nitrogens is 2. The van der Waals surface area contributed by atoms with Crippen molar-refractivity contribution < 1.29 is 0 Å². The molecular weight excluding hydrogens is 284 g/mol. The number of rotatable bonds is 5. The Labute approximate surface area is 130 Å². The lowest BCUT2D eigenvalue weighted by Crippen LogP contribution is -2.38. The molecule has 4 nitrogen and oxygen atoms in total. The van der Waals surface area contributed by atoms with Crippen molar-refractivity contribution >= 4 is 11.6 Å². The number of hydrogen-bond acceptors (Lipinski definition) is 3. The number of hydrogen-bond donors (Lipinski definition) is 2. The van der Waals surface area contributed by atoms with E-state index in [1.165, 1.54) is 5.56 Å². The Bertz CT molecular complexity index is 616. The van der Waals surface area contributed by atoms with Gasteiger partial charge in [-0.1, -0.05) is 41.9 Å². The highest BCUT2D eigenvalue weighted by molar-refractivity contribution is 6.31. The number of benzene rings is 1. The minimum absolute atomic E-state index is 0.0202. The van der Waals surface area contributed by atoms with Crippen LogP contribution in [0.5, 0.6) is 0 Å². The molecule has 0 saturated heterocycles. The van der Waals surface area contributed by atoms with Gasteiger partial charge in [-0.05, 0) is 32.3 Å². The SMILES string of the molecule is CC(C)n1ncc(Cl)c1C(NN)C1(c2ccccc2)CC1. The molecular formula is C16H21ClN4. The molecule has 1 aromatic heterocycles. The van der Waals surface area contributed by atoms with Gasteiger partial charge in [-0.25, -0.2) is 0 Å². The van der Waals surface area contributed by atoms with Gasteiger partial charge in [-0.2, -0.15) is 5.10 Å². The van der Waals surface area contributed by atoms with Gasteiger partial charge >= 0.3 is 0 Å². The largest absolute Gasteiger partial charge is 0.271 e. The third-order valence-corrected chi connectivity index (χ3v) is 4.70. The first-order valence-corrected chi connectivity index (χ1v) is 7.72. The van der Waals surface area contributed by atoms with Crippen LogP contribution in [0.25, 0.3) is 0 Å². The fraction of sp³-hybridized carbons (Fsp3) is 0.438. The van der Waals surface area contributed by atoms with E-state index in [-0.39, 0.29) is 17.5 Å². The first-order valence-electron chi connectivity index (χ1n) is 7.34. The summed E-state index contributed by atoms with van der Waals surface area (Å²) >= 11 is 6.40. The Kier molecular flexibility index (Phi) is 3.78. The highest BCUT2D eigenvalue weighted by Crippen LogP contribution is 2.57. The summed E-state index contributed by atoms with van der Waals surface area (Å²) in [7, 11) is 0. The second-order valence-electron chi connectivity index (χ2n) is 6.04. The summed E-state index contributed by atoms with van der Waals surface area (Å²) in [5.41, 5.74) is 5.30. The fourth-order valence-corrected chi connectivity index (χ4v) is 3.42. The van der Waals surface area contributed by atoms with Crippen LogP contribution in [-0.2, 0) is 5.41 Å². The van der Waals surface area contributed by atoms with Gasteiger partial charge in [0.1, 0.15) is 0 Å². The van der Waals surface area contributed by atoms with E-state index in [1.807, 2.05) is 10.7 Å². The number of nitrogens with zero attached hydrogens (tertiary/aromatic N) is 2. The molecule has 1 aliphatic rings. The molecule has 3 N–H and O–H groups in total. The Balaban J connectivity index is 2.06. The second-order valence-corrected chi connectivity index (χ2v) is 6.45. The summed E-state index contributed by atoms with van der Waals surface area (Å²) in [5.74, 6) is 5.92. The van der Waals surface area contributed by atoms with Gasteiger partial charge in [0.15, 0.2) is 0 Å². The standard InChI is InChI=1S/C16H21ClN4/c1-11(2)21-14(13(17)10-19-21)15(20-18)16(8-9-16)12-6-4-3-5-7-12/h3-7,10-11,15,20H,8-9,18H2,1-2H3. The average Bonchev–Trinajstić information content (AvgIpc) is 3.20. The lowest BCUT2D eigenvalue weighted by Gasteiger charge is -2.29. The lowest BCUT2D eigenvalue weighted by atomic mass is 9.86. The zero-order valence-corrected chi connectivity index (χ0v) is 13.1. The van der Waals surface area contributed by atoms with Gasteiger partial charge in [-0.15, -0.1) is 0 Å². The van der Waals surface area contributed by atoms with E-state index in [2.05, 4.69) is 48.6 Å². The molecule has 0 radical (unpaired) electrons. The number of hydrazine groups is 1. The van der Waals surface area contributed by atoms with E-state index in [1.54, 1.807) is 6.20 Å². The van der Waals surface area contributed by atoms with Crippen LogP contribution in [0.1, 0.15) is 50.0 Å². The van der Waals surface area contributed by atoms with Crippen molar-refractivity contribution in [3.05, 3.63) is 52.8 Å². The van der Waals surface area contributed by atoms with Crippen LogP contribution < -0.4 is 11.3 Å². The molecule has 0 amide bonds. The minimum atomic E-state index is -0.0303. The maximum Gasteiger partial charge on any atom is 0.0835 e. The maximum absolute atomic E-state index is 6.40. The Hall–Kier alpha value is -1.36. The molecule has 5 heteroatoms. The molecule has 21 heavy (non-hydrogen) atoms. The fourth-order valence-electron chi connectivity index (χ4n) is 3.18.